The van der Waals surface area contributed by atoms with Crippen molar-refractivity contribution in [3.63, 3.8) is 0 Å². The highest BCUT2D eigenvalue weighted by Gasteiger charge is 2.22. The predicted octanol–water partition coefficient (Wildman–Crippen LogP) is 2.77. The van der Waals surface area contributed by atoms with Gasteiger partial charge in [-0.3, -0.25) is 0 Å². The largest absolute Gasteiger partial charge is 0.387 e. The van der Waals surface area contributed by atoms with Crippen LogP contribution in [-0.2, 0) is 6.42 Å². The fourth-order valence-corrected chi connectivity index (χ4v) is 3.22. The summed E-state index contributed by atoms with van der Waals surface area (Å²) in [6, 6.07) is 17.0. The van der Waals surface area contributed by atoms with Crippen molar-refractivity contribution in [2.45, 2.75) is 25.0 Å². The van der Waals surface area contributed by atoms with Gasteiger partial charge in [-0.2, -0.15) is 0 Å². The van der Waals surface area contributed by atoms with Crippen molar-refractivity contribution in [3.05, 3.63) is 71.5 Å². The maximum atomic E-state index is 12.9. The van der Waals surface area contributed by atoms with Crippen molar-refractivity contribution >= 4 is 0 Å². The van der Waals surface area contributed by atoms with Gasteiger partial charge in [-0.1, -0.05) is 42.5 Å². The molecule has 2 N–H and O–H groups in total. The van der Waals surface area contributed by atoms with E-state index in [1.807, 2.05) is 6.07 Å². The summed E-state index contributed by atoms with van der Waals surface area (Å²) in [7, 11) is 0. The normalized spacial score (nSPS) is 19.5. The van der Waals surface area contributed by atoms with Gasteiger partial charge >= 0.3 is 0 Å². The quantitative estimate of drug-likeness (QED) is 0.820. The summed E-state index contributed by atoms with van der Waals surface area (Å²) >= 11 is 0. The Balaban J connectivity index is 1.39. The van der Waals surface area contributed by atoms with Gasteiger partial charge in [0.2, 0.25) is 0 Å². The molecule has 2 aromatic carbocycles. The number of aliphatic hydroxyl groups excluding tert-OH is 1. The third kappa shape index (κ3) is 4.87. The van der Waals surface area contributed by atoms with Gasteiger partial charge in [0.15, 0.2) is 0 Å². The van der Waals surface area contributed by atoms with E-state index < -0.39 is 6.10 Å². The Kier molecular flexibility index (Phi) is 5.96. The average Bonchev–Trinajstić information content (AvgIpc) is 3.07. The number of rotatable bonds is 7. The number of hydrogen-bond acceptors (Lipinski definition) is 3. The molecule has 0 bridgehead atoms. The van der Waals surface area contributed by atoms with Gasteiger partial charge in [-0.25, -0.2) is 4.39 Å². The molecule has 0 spiro atoms. The molecule has 0 saturated carbocycles. The summed E-state index contributed by atoms with van der Waals surface area (Å²) in [5, 5.41) is 13.6. The molecule has 4 heteroatoms. The second-order valence-corrected chi connectivity index (χ2v) is 6.50. The fraction of sp³-hybridized carbons (Fsp3) is 0.400. The van der Waals surface area contributed by atoms with Crippen molar-refractivity contribution in [1.29, 1.82) is 0 Å². The van der Waals surface area contributed by atoms with Crippen LogP contribution < -0.4 is 5.32 Å². The molecule has 3 rings (SSSR count). The molecule has 1 saturated heterocycles. The lowest BCUT2D eigenvalue weighted by atomic mass is 10.1. The predicted molar refractivity (Wildman–Crippen MR) is 94.4 cm³/mol. The van der Waals surface area contributed by atoms with E-state index in [1.54, 1.807) is 12.1 Å². The van der Waals surface area contributed by atoms with E-state index in [9.17, 15) is 9.50 Å². The lowest BCUT2D eigenvalue weighted by Gasteiger charge is -2.18. The van der Waals surface area contributed by atoms with Crippen LogP contribution in [0.3, 0.4) is 0 Å². The highest BCUT2D eigenvalue weighted by atomic mass is 19.1. The molecule has 1 aliphatic rings. The van der Waals surface area contributed by atoms with Gasteiger partial charge in [-0.15, -0.1) is 0 Å². The molecule has 1 aliphatic heterocycles. The summed E-state index contributed by atoms with van der Waals surface area (Å²) in [4.78, 5) is 2.47. The van der Waals surface area contributed by atoms with Crippen LogP contribution in [0.15, 0.2) is 54.6 Å². The third-order valence-corrected chi connectivity index (χ3v) is 4.69. The Hall–Kier alpha value is -1.75. The minimum absolute atomic E-state index is 0.274. The Morgan fingerprint density at radius 3 is 2.62 bits per heavy atom. The first-order valence-electron chi connectivity index (χ1n) is 8.64. The number of aliphatic hydroxyl groups is 1. The van der Waals surface area contributed by atoms with Crippen LogP contribution in [0.2, 0.25) is 0 Å². The average molecular weight is 328 g/mol. The molecule has 0 radical (unpaired) electrons. The molecule has 0 amide bonds. The zero-order valence-electron chi connectivity index (χ0n) is 13.9. The van der Waals surface area contributed by atoms with E-state index in [2.05, 4.69) is 34.5 Å². The Bertz CT molecular complexity index is 617. The molecular formula is C20H25FN2O. The second-order valence-electron chi connectivity index (χ2n) is 6.50. The highest BCUT2D eigenvalue weighted by molar-refractivity contribution is 5.19. The van der Waals surface area contributed by atoms with Crippen LogP contribution in [0.4, 0.5) is 4.39 Å². The van der Waals surface area contributed by atoms with Crippen LogP contribution in [0.1, 0.15) is 23.7 Å². The second kappa shape index (κ2) is 8.38. The van der Waals surface area contributed by atoms with Gasteiger partial charge in [-0.05, 0) is 42.6 Å². The fourth-order valence-electron chi connectivity index (χ4n) is 3.22. The topological polar surface area (TPSA) is 35.5 Å². The zero-order chi connectivity index (χ0) is 16.8. The standard InChI is InChI=1S/C20H25FN2O/c21-18-8-6-17(7-9-18)20(24)14-22-19-11-13-23(15-19)12-10-16-4-2-1-3-5-16/h1-9,19-20,22,24H,10-15H2. The molecule has 0 aromatic heterocycles. The van der Waals surface area contributed by atoms with E-state index in [4.69, 9.17) is 0 Å². The van der Waals surface area contributed by atoms with Crippen molar-refractivity contribution in [2.24, 2.45) is 0 Å². The molecule has 2 atom stereocenters. The van der Waals surface area contributed by atoms with Crippen molar-refractivity contribution in [1.82, 2.24) is 10.2 Å². The Labute approximate surface area is 143 Å². The highest BCUT2D eigenvalue weighted by Crippen LogP contribution is 2.15. The minimum Gasteiger partial charge on any atom is -0.387 e. The number of benzene rings is 2. The van der Waals surface area contributed by atoms with Crippen molar-refractivity contribution < 1.29 is 9.50 Å². The molecule has 2 aromatic rings. The smallest absolute Gasteiger partial charge is 0.123 e. The molecular weight excluding hydrogens is 303 g/mol. The number of hydrogen-bond donors (Lipinski definition) is 2. The van der Waals surface area contributed by atoms with Gasteiger partial charge in [0.05, 0.1) is 6.10 Å². The minimum atomic E-state index is -0.594. The van der Waals surface area contributed by atoms with E-state index in [0.29, 0.717) is 12.6 Å². The molecule has 2 unspecified atom stereocenters. The number of likely N-dealkylation sites (tertiary alicyclic amines) is 1. The molecule has 128 valence electrons. The van der Waals surface area contributed by atoms with Crippen LogP contribution in [0.5, 0.6) is 0 Å². The zero-order valence-corrected chi connectivity index (χ0v) is 13.9. The first-order chi connectivity index (χ1) is 11.7. The summed E-state index contributed by atoms with van der Waals surface area (Å²) in [5.41, 5.74) is 2.13. The maximum absolute atomic E-state index is 12.9. The monoisotopic (exact) mass is 328 g/mol. The van der Waals surface area contributed by atoms with Crippen molar-refractivity contribution in [3.8, 4) is 0 Å². The summed E-state index contributed by atoms with van der Waals surface area (Å²) in [6.45, 7) is 3.69. The number of nitrogens with zero attached hydrogens (tertiary/aromatic N) is 1. The third-order valence-electron chi connectivity index (χ3n) is 4.69. The summed E-state index contributed by atoms with van der Waals surface area (Å²) in [5.74, 6) is -0.274. The Morgan fingerprint density at radius 2 is 1.88 bits per heavy atom. The van der Waals surface area contributed by atoms with Crippen LogP contribution in [0, 0.1) is 5.82 Å². The van der Waals surface area contributed by atoms with Crippen molar-refractivity contribution in [2.75, 3.05) is 26.2 Å². The lowest BCUT2D eigenvalue weighted by Crippen LogP contribution is -2.35. The number of nitrogens with one attached hydrogen (secondary N) is 1. The van der Waals surface area contributed by atoms with E-state index in [-0.39, 0.29) is 5.82 Å². The maximum Gasteiger partial charge on any atom is 0.123 e. The summed E-state index contributed by atoms with van der Waals surface area (Å²) in [6.07, 6.45) is 1.58. The molecule has 1 heterocycles. The van der Waals surface area contributed by atoms with Gasteiger partial charge in [0.1, 0.15) is 5.82 Å². The van der Waals surface area contributed by atoms with Crippen LogP contribution in [0.25, 0.3) is 0 Å². The van der Waals surface area contributed by atoms with E-state index in [0.717, 1.165) is 38.0 Å². The first kappa shape index (κ1) is 17.1. The van der Waals surface area contributed by atoms with Gasteiger partial charge in [0, 0.05) is 25.7 Å². The van der Waals surface area contributed by atoms with E-state index in [1.165, 1.54) is 17.7 Å². The molecule has 3 nitrogen and oxygen atoms in total. The molecule has 0 aliphatic carbocycles. The van der Waals surface area contributed by atoms with Gasteiger partial charge < -0.3 is 15.3 Å². The van der Waals surface area contributed by atoms with Crippen LogP contribution in [-0.4, -0.2) is 42.2 Å². The van der Waals surface area contributed by atoms with Crippen LogP contribution >= 0.6 is 0 Å². The molecule has 1 fully saturated rings. The Morgan fingerprint density at radius 1 is 1.12 bits per heavy atom. The molecule has 24 heavy (non-hydrogen) atoms. The summed E-state index contributed by atoms with van der Waals surface area (Å²) < 4.78 is 12.9. The number of halogens is 1. The van der Waals surface area contributed by atoms with Gasteiger partial charge in [0.25, 0.3) is 0 Å². The SMILES string of the molecule is OC(CNC1CCN(CCc2ccccc2)C1)c1ccc(F)cc1. The lowest BCUT2D eigenvalue weighted by molar-refractivity contribution is 0.169. The van der Waals surface area contributed by atoms with E-state index >= 15 is 0 Å². The first-order valence-corrected chi connectivity index (χ1v) is 8.64.